The van der Waals surface area contributed by atoms with Crippen LogP contribution in [0, 0.1) is 16.0 Å². The molecule has 134 valence electrons. The van der Waals surface area contributed by atoms with E-state index in [1.807, 2.05) is 0 Å². The lowest BCUT2D eigenvalue weighted by molar-refractivity contribution is -0.388. The van der Waals surface area contributed by atoms with Gasteiger partial charge in [-0.25, -0.2) is 4.90 Å². The number of nitro groups is 1. The third-order valence-electron chi connectivity index (χ3n) is 4.66. The number of nitro benzene ring substituents is 1. The first kappa shape index (κ1) is 16.3. The number of nitrogens with zero attached hydrogens (tertiary/aromatic N) is 2. The Labute approximate surface area is 143 Å². The van der Waals surface area contributed by atoms with Crippen molar-refractivity contribution in [1.29, 1.82) is 0 Å². The first-order valence-electron chi connectivity index (χ1n) is 7.41. The summed E-state index contributed by atoms with van der Waals surface area (Å²) in [5, 5.41) is 10.9. The van der Waals surface area contributed by atoms with Gasteiger partial charge < -0.3 is 4.74 Å². The number of rotatable bonds is 2. The Morgan fingerprint density at radius 1 is 1.31 bits per heavy atom. The second-order valence-corrected chi connectivity index (χ2v) is 6.27. The molecule has 7 nitrogen and oxygen atoms in total. The van der Waals surface area contributed by atoms with Crippen molar-refractivity contribution in [2.24, 2.45) is 5.92 Å². The van der Waals surface area contributed by atoms with Gasteiger partial charge in [0.15, 0.2) is 0 Å². The van der Waals surface area contributed by atoms with Crippen LogP contribution >= 0.6 is 0 Å². The van der Waals surface area contributed by atoms with Crippen LogP contribution in [-0.2, 0) is 20.5 Å². The average molecular weight is 366 g/mol. The summed E-state index contributed by atoms with van der Waals surface area (Å²) >= 11 is 0. The van der Waals surface area contributed by atoms with Crippen molar-refractivity contribution in [3.63, 3.8) is 0 Å². The summed E-state index contributed by atoms with van der Waals surface area (Å²) in [5.74, 6) is -2.24. The maximum absolute atomic E-state index is 13.2. The van der Waals surface area contributed by atoms with E-state index >= 15 is 0 Å². The molecule has 0 saturated carbocycles. The number of halogens is 3. The van der Waals surface area contributed by atoms with Crippen LogP contribution in [0.3, 0.4) is 0 Å². The number of fused-ring (bicyclic) bond motifs is 4. The van der Waals surface area contributed by atoms with Gasteiger partial charge in [-0.15, -0.1) is 0 Å². The Kier molecular flexibility index (Phi) is 2.96. The number of anilines is 1. The van der Waals surface area contributed by atoms with E-state index < -0.39 is 45.7 Å². The molecular weight excluding hydrogens is 357 g/mol. The van der Waals surface area contributed by atoms with Gasteiger partial charge in [-0.3, -0.25) is 19.7 Å². The molecule has 0 aromatic heterocycles. The topological polar surface area (TPSA) is 89.8 Å². The molecule has 2 bridgehead atoms. The maximum atomic E-state index is 13.2. The first-order valence-corrected chi connectivity index (χ1v) is 7.41. The Morgan fingerprint density at radius 3 is 2.58 bits per heavy atom. The number of benzene rings is 1. The molecule has 3 aliphatic rings. The SMILES string of the molecule is CC12C=CC(=C3C(=O)N(c4ccc([N+](=O)[O-])c(C(F)(F)F)c4)C(=O)C31)O2. The van der Waals surface area contributed by atoms with Crippen LogP contribution in [0.1, 0.15) is 12.5 Å². The molecule has 4 rings (SSSR count). The molecule has 1 aromatic carbocycles. The molecule has 1 saturated heterocycles. The summed E-state index contributed by atoms with van der Waals surface area (Å²) in [4.78, 5) is 35.6. The van der Waals surface area contributed by atoms with Crippen LogP contribution < -0.4 is 4.90 Å². The first-order chi connectivity index (χ1) is 12.0. The zero-order chi connectivity index (χ0) is 19.0. The smallest absolute Gasteiger partial charge is 0.423 e. The predicted molar refractivity (Wildman–Crippen MR) is 79.7 cm³/mol. The Morgan fingerprint density at radius 2 is 2.00 bits per heavy atom. The van der Waals surface area contributed by atoms with E-state index in [1.165, 1.54) is 6.08 Å². The zero-order valence-corrected chi connectivity index (χ0v) is 13.0. The molecule has 2 atom stereocenters. The van der Waals surface area contributed by atoms with Gasteiger partial charge >= 0.3 is 6.18 Å². The number of hydrogen-bond donors (Lipinski definition) is 0. The van der Waals surface area contributed by atoms with Crippen LogP contribution in [0.15, 0.2) is 41.7 Å². The van der Waals surface area contributed by atoms with E-state index in [4.69, 9.17) is 4.74 Å². The summed E-state index contributed by atoms with van der Waals surface area (Å²) in [6.07, 6.45) is -1.86. The molecule has 1 aromatic rings. The Balaban J connectivity index is 1.83. The molecular formula is C16H9F3N2O5. The highest BCUT2D eigenvalue weighted by molar-refractivity contribution is 6.30. The van der Waals surface area contributed by atoms with Crippen LogP contribution in [0.4, 0.5) is 24.5 Å². The van der Waals surface area contributed by atoms with Crippen LogP contribution in [0.5, 0.6) is 0 Å². The number of allylic oxidation sites excluding steroid dienone is 1. The minimum atomic E-state index is -5.02. The van der Waals surface area contributed by atoms with Gasteiger partial charge in [0.1, 0.15) is 22.8 Å². The molecule has 0 spiro atoms. The maximum Gasteiger partial charge on any atom is 0.423 e. The number of carbonyl (C=O) groups is 2. The minimum absolute atomic E-state index is 0.0897. The molecule has 2 unspecified atom stereocenters. The highest BCUT2D eigenvalue weighted by Gasteiger charge is 2.61. The highest BCUT2D eigenvalue weighted by atomic mass is 19.4. The summed E-state index contributed by atoms with van der Waals surface area (Å²) in [6, 6.07) is 2.03. The van der Waals surface area contributed by atoms with Crippen LogP contribution in [0.25, 0.3) is 0 Å². The predicted octanol–water partition coefficient (Wildman–Crippen LogP) is 2.72. The number of carbonyl (C=O) groups excluding carboxylic acids is 2. The summed E-state index contributed by atoms with van der Waals surface area (Å²) in [7, 11) is 0. The molecule has 1 fully saturated rings. The summed E-state index contributed by atoms with van der Waals surface area (Å²) in [6.45, 7) is 1.60. The number of hydrogen-bond acceptors (Lipinski definition) is 5. The third-order valence-corrected chi connectivity index (χ3v) is 4.66. The molecule has 0 radical (unpaired) electrons. The van der Waals surface area contributed by atoms with Crippen molar-refractivity contribution in [3.8, 4) is 0 Å². The van der Waals surface area contributed by atoms with Gasteiger partial charge in [-0.1, -0.05) is 0 Å². The lowest BCUT2D eigenvalue weighted by Gasteiger charge is -2.24. The van der Waals surface area contributed by atoms with E-state index in [0.717, 1.165) is 6.07 Å². The van der Waals surface area contributed by atoms with Crippen molar-refractivity contribution < 1.29 is 32.4 Å². The fourth-order valence-electron chi connectivity index (χ4n) is 3.52. The lowest BCUT2D eigenvalue weighted by atomic mass is 9.83. The second-order valence-electron chi connectivity index (χ2n) is 6.27. The van der Waals surface area contributed by atoms with Crippen molar-refractivity contribution in [2.75, 3.05) is 4.90 Å². The summed E-state index contributed by atoms with van der Waals surface area (Å²) in [5.41, 5.74) is -4.02. The number of amides is 2. The van der Waals surface area contributed by atoms with Gasteiger partial charge in [0.2, 0.25) is 5.91 Å². The van der Waals surface area contributed by atoms with Crippen LogP contribution in [-0.4, -0.2) is 22.3 Å². The molecule has 3 aliphatic heterocycles. The second kappa shape index (κ2) is 4.71. The standard InChI is InChI=1S/C16H9F3N2O5/c1-15-5-4-10(26-15)11-12(15)14(23)20(13(11)22)7-2-3-9(21(24)25)8(6-7)16(17,18)19/h2-6,12H,1H3. The van der Waals surface area contributed by atoms with Crippen molar-refractivity contribution in [1.82, 2.24) is 0 Å². The van der Waals surface area contributed by atoms with E-state index in [2.05, 4.69) is 0 Å². The van der Waals surface area contributed by atoms with Gasteiger partial charge in [-0.05, 0) is 31.2 Å². The largest absolute Gasteiger partial charge is 0.482 e. The Hall–Kier alpha value is -3.17. The lowest BCUT2D eigenvalue weighted by Crippen LogP contribution is -2.38. The highest BCUT2D eigenvalue weighted by Crippen LogP contribution is 2.51. The van der Waals surface area contributed by atoms with E-state index in [-0.39, 0.29) is 17.0 Å². The van der Waals surface area contributed by atoms with Gasteiger partial charge in [0, 0.05) is 6.07 Å². The van der Waals surface area contributed by atoms with Crippen molar-refractivity contribution in [3.05, 3.63) is 57.4 Å². The average Bonchev–Trinajstić information content (AvgIpc) is 3.15. The minimum Gasteiger partial charge on any atom is -0.482 e. The fourth-order valence-corrected chi connectivity index (χ4v) is 3.52. The molecule has 2 amide bonds. The van der Waals surface area contributed by atoms with Gasteiger partial charge in [0.05, 0.1) is 16.2 Å². The number of alkyl halides is 3. The van der Waals surface area contributed by atoms with E-state index in [1.54, 1.807) is 13.0 Å². The van der Waals surface area contributed by atoms with Crippen molar-refractivity contribution in [2.45, 2.75) is 18.7 Å². The van der Waals surface area contributed by atoms with Crippen LogP contribution in [0.2, 0.25) is 0 Å². The number of imide groups is 1. The monoisotopic (exact) mass is 366 g/mol. The van der Waals surface area contributed by atoms with E-state index in [9.17, 15) is 32.9 Å². The molecule has 10 heteroatoms. The van der Waals surface area contributed by atoms with Crippen molar-refractivity contribution >= 4 is 23.2 Å². The molecule has 0 N–H and O–H groups in total. The van der Waals surface area contributed by atoms with Gasteiger partial charge in [0.25, 0.3) is 11.6 Å². The molecule has 0 aliphatic carbocycles. The molecule has 3 heterocycles. The normalized spacial score (nSPS) is 26.6. The Bertz CT molecular complexity index is 965. The quantitative estimate of drug-likeness (QED) is 0.456. The number of ether oxygens (including phenoxy) is 1. The van der Waals surface area contributed by atoms with E-state index in [0.29, 0.717) is 17.0 Å². The zero-order valence-electron chi connectivity index (χ0n) is 13.0. The summed E-state index contributed by atoms with van der Waals surface area (Å²) < 4.78 is 45.0. The van der Waals surface area contributed by atoms with Gasteiger partial charge in [-0.2, -0.15) is 13.2 Å². The third kappa shape index (κ3) is 1.95. The molecule has 26 heavy (non-hydrogen) atoms. The fraction of sp³-hybridized carbons (Fsp3) is 0.250.